The summed E-state index contributed by atoms with van der Waals surface area (Å²) in [6.45, 7) is 10.1. The minimum absolute atomic E-state index is 0.0278. The molecular weight excluding hydrogens is 653 g/mol. The van der Waals surface area contributed by atoms with Crippen LogP contribution < -0.4 is 9.47 Å². The van der Waals surface area contributed by atoms with Gasteiger partial charge in [0, 0.05) is 0 Å². The standard InChI is InChI=1S/C49H80O4/c1-4-6-8-10-12-16-42-20-24-44(25-21-42)18-14-36-51-48-32-28-46(29-33-48)39-50-38-41(3)53-40-47-30-34-49(35-31-47)52-37-15-19-45-26-22-43(23-27-45)17-13-11-9-7-5-2/h28-35,41-45H,4-27,36-40H2,1-3H3/t41-,42-,43-,44-,45-/m1/s1. The Labute approximate surface area is 326 Å². The van der Waals surface area contributed by atoms with Crippen LogP contribution in [-0.2, 0) is 22.7 Å². The van der Waals surface area contributed by atoms with Crippen molar-refractivity contribution >= 4 is 0 Å². The van der Waals surface area contributed by atoms with Crippen LogP contribution in [0.15, 0.2) is 48.5 Å². The quantitative estimate of drug-likeness (QED) is 0.0781. The second-order valence-corrected chi connectivity index (χ2v) is 17.1. The number of rotatable bonds is 29. The van der Waals surface area contributed by atoms with Crippen molar-refractivity contribution < 1.29 is 18.9 Å². The van der Waals surface area contributed by atoms with E-state index in [2.05, 4.69) is 69.3 Å². The maximum Gasteiger partial charge on any atom is 0.119 e. The fourth-order valence-electron chi connectivity index (χ4n) is 8.81. The third-order valence-electron chi connectivity index (χ3n) is 12.4. The van der Waals surface area contributed by atoms with Crippen LogP contribution in [0.4, 0.5) is 0 Å². The van der Waals surface area contributed by atoms with Crippen LogP contribution in [0, 0.1) is 23.7 Å². The Morgan fingerprint density at radius 2 is 0.849 bits per heavy atom. The van der Waals surface area contributed by atoms with Gasteiger partial charge in [-0.2, -0.15) is 0 Å². The molecule has 2 aromatic carbocycles. The molecule has 0 unspecified atom stereocenters. The molecule has 2 aromatic rings. The third kappa shape index (κ3) is 19.4. The van der Waals surface area contributed by atoms with Gasteiger partial charge in [0.25, 0.3) is 0 Å². The monoisotopic (exact) mass is 733 g/mol. The molecule has 1 atom stereocenters. The summed E-state index contributed by atoms with van der Waals surface area (Å²) in [6.07, 6.45) is 33.6. The van der Waals surface area contributed by atoms with E-state index in [1.54, 1.807) is 0 Å². The van der Waals surface area contributed by atoms with E-state index in [0.29, 0.717) is 19.8 Å². The molecular formula is C49H80O4. The molecule has 4 heteroatoms. The van der Waals surface area contributed by atoms with E-state index >= 15 is 0 Å². The minimum Gasteiger partial charge on any atom is -0.494 e. The summed E-state index contributed by atoms with van der Waals surface area (Å²) in [5.74, 6) is 5.75. The fourth-order valence-corrected chi connectivity index (χ4v) is 8.81. The molecule has 0 heterocycles. The Hall–Kier alpha value is -2.04. The maximum atomic E-state index is 6.08. The van der Waals surface area contributed by atoms with Crippen molar-refractivity contribution in [1.82, 2.24) is 0 Å². The van der Waals surface area contributed by atoms with Crippen LogP contribution in [-0.4, -0.2) is 25.9 Å². The Morgan fingerprint density at radius 3 is 1.26 bits per heavy atom. The van der Waals surface area contributed by atoms with Gasteiger partial charge in [0.1, 0.15) is 11.5 Å². The molecule has 0 amide bonds. The summed E-state index contributed by atoms with van der Waals surface area (Å²) in [5.41, 5.74) is 2.33. The van der Waals surface area contributed by atoms with Crippen molar-refractivity contribution in [1.29, 1.82) is 0 Å². The van der Waals surface area contributed by atoms with E-state index in [1.807, 2.05) is 0 Å². The van der Waals surface area contributed by atoms with E-state index in [1.165, 1.54) is 141 Å². The molecule has 0 N–H and O–H groups in total. The lowest BCUT2D eigenvalue weighted by atomic mass is 9.78. The highest BCUT2D eigenvalue weighted by Crippen LogP contribution is 2.35. The smallest absolute Gasteiger partial charge is 0.119 e. The topological polar surface area (TPSA) is 36.9 Å². The minimum atomic E-state index is 0.0278. The van der Waals surface area contributed by atoms with Gasteiger partial charge in [-0.05, 0) is 91.7 Å². The largest absolute Gasteiger partial charge is 0.494 e. The van der Waals surface area contributed by atoms with Crippen LogP contribution in [0.1, 0.15) is 186 Å². The molecule has 0 radical (unpaired) electrons. The van der Waals surface area contributed by atoms with Crippen molar-refractivity contribution in [2.75, 3.05) is 19.8 Å². The molecule has 0 aromatic heterocycles. The van der Waals surface area contributed by atoms with E-state index in [-0.39, 0.29) is 6.10 Å². The number of benzene rings is 2. The highest BCUT2D eigenvalue weighted by atomic mass is 16.5. The van der Waals surface area contributed by atoms with Crippen LogP contribution >= 0.6 is 0 Å². The van der Waals surface area contributed by atoms with Gasteiger partial charge in [0.2, 0.25) is 0 Å². The first-order valence-corrected chi connectivity index (χ1v) is 22.7. The summed E-state index contributed by atoms with van der Waals surface area (Å²) in [7, 11) is 0. The van der Waals surface area contributed by atoms with Gasteiger partial charge in [0.15, 0.2) is 0 Å². The van der Waals surface area contributed by atoms with Gasteiger partial charge in [-0.1, -0.05) is 167 Å². The molecule has 2 fully saturated rings. The Balaban J connectivity index is 0.959. The predicted molar refractivity (Wildman–Crippen MR) is 224 cm³/mol. The van der Waals surface area contributed by atoms with Gasteiger partial charge in [0.05, 0.1) is 39.1 Å². The molecule has 0 saturated heterocycles. The molecule has 300 valence electrons. The molecule has 0 bridgehead atoms. The Kier molecular flexibility index (Phi) is 22.7. The maximum absolute atomic E-state index is 6.08. The lowest BCUT2D eigenvalue weighted by molar-refractivity contribution is -0.0198. The highest BCUT2D eigenvalue weighted by molar-refractivity contribution is 5.27. The third-order valence-corrected chi connectivity index (χ3v) is 12.4. The number of unbranched alkanes of at least 4 members (excludes halogenated alkanes) is 8. The first-order valence-electron chi connectivity index (χ1n) is 22.7. The van der Waals surface area contributed by atoms with E-state index in [9.17, 15) is 0 Å². The Morgan fingerprint density at radius 1 is 0.472 bits per heavy atom. The lowest BCUT2D eigenvalue weighted by Crippen LogP contribution is -2.16. The van der Waals surface area contributed by atoms with E-state index in [0.717, 1.165) is 72.4 Å². The van der Waals surface area contributed by atoms with Gasteiger partial charge in [-0.15, -0.1) is 0 Å². The van der Waals surface area contributed by atoms with Gasteiger partial charge in [-0.3, -0.25) is 0 Å². The van der Waals surface area contributed by atoms with Gasteiger partial charge >= 0.3 is 0 Å². The van der Waals surface area contributed by atoms with Crippen LogP contribution in [0.2, 0.25) is 0 Å². The summed E-state index contributed by atoms with van der Waals surface area (Å²) >= 11 is 0. The summed E-state index contributed by atoms with van der Waals surface area (Å²) in [6, 6.07) is 16.8. The Bertz CT molecular complexity index is 1130. The molecule has 2 aliphatic rings. The number of hydrogen-bond acceptors (Lipinski definition) is 4. The van der Waals surface area contributed by atoms with Crippen molar-refractivity contribution in [3.05, 3.63) is 59.7 Å². The predicted octanol–water partition coefficient (Wildman–Crippen LogP) is 14.5. The summed E-state index contributed by atoms with van der Waals surface area (Å²) in [5, 5.41) is 0. The molecule has 2 aliphatic carbocycles. The summed E-state index contributed by atoms with van der Waals surface area (Å²) < 4.78 is 24.2. The van der Waals surface area contributed by atoms with Gasteiger partial charge in [-0.25, -0.2) is 0 Å². The molecule has 0 aliphatic heterocycles. The normalized spacial score (nSPS) is 21.0. The van der Waals surface area contributed by atoms with Crippen molar-refractivity contribution in [2.45, 2.75) is 194 Å². The first-order chi connectivity index (χ1) is 26.1. The average Bonchev–Trinajstić information content (AvgIpc) is 3.19. The zero-order chi connectivity index (χ0) is 37.2. The lowest BCUT2D eigenvalue weighted by Gasteiger charge is -2.28. The van der Waals surface area contributed by atoms with Crippen LogP contribution in [0.25, 0.3) is 0 Å². The van der Waals surface area contributed by atoms with E-state index in [4.69, 9.17) is 18.9 Å². The second kappa shape index (κ2) is 27.5. The molecule has 4 nitrogen and oxygen atoms in total. The van der Waals surface area contributed by atoms with Crippen LogP contribution in [0.5, 0.6) is 11.5 Å². The second-order valence-electron chi connectivity index (χ2n) is 17.1. The van der Waals surface area contributed by atoms with Crippen molar-refractivity contribution in [2.24, 2.45) is 23.7 Å². The number of hydrogen-bond donors (Lipinski definition) is 0. The highest BCUT2D eigenvalue weighted by Gasteiger charge is 2.21. The molecule has 0 spiro atoms. The zero-order valence-electron chi connectivity index (χ0n) is 34.6. The summed E-state index contributed by atoms with van der Waals surface area (Å²) in [4.78, 5) is 0. The molecule has 2 saturated carbocycles. The first kappa shape index (κ1) is 43.7. The molecule has 4 rings (SSSR count). The average molecular weight is 733 g/mol. The number of ether oxygens (including phenoxy) is 4. The van der Waals surface area contributed by atoms with Crippen molar-refractivity contribution in [3.8, 4) is 11.5 Å². The SMILES string of the molecule is CCCCCCC[C@H]1CC[C@H](CCCOc2ccc(COC[C@@H](C)OCc3ccc(OCCC[C@H]4CC[C@H](CCCCCCC)CC4)cc3)cc2)CC1. The molecule has 53 heavy (non-hydrogen) atoms. The van der Waals surface area contributed by atoms with Crippen LogP contribution in [0.3, 0.4) is 0 Å². The fraction of sp³-hybridized carbons (Fsp3) is 0.755. The van der Waals surface area contributed by atoms with Crippen molar-refractivity contribution in [3.63, 3.8) is 0 Å². The zero-order valence-corrected chi connectivity index (χ0v) is 34.6. The van der Waals surface area contributed by atoms with E-state index < -0.39 is 0 Å². The van der Waals surface area contributed by atoms with Gasteiger partial charge < -0.3 is 18.9 Å².